The van der Waals surface area contributed by atoms with E-state index in [2.05, 4.69) is 0 Å². The lowest BCUT2D eigenvalue weighted by atomic mass is 10.7. The molecule has 0 saturated carbocycles. The molecule has 0 fully saturated rings. The van der Waals surface area contributed by atoms with E-state index in [0.29, 0.717) is 66.0 Å². The van der Waals surface area contributed by atoms with E-state index in [1.165, 1.54) is 0 Å². The Morgan fingerprint density at radius 1 is 0.444 bits per heavy atom. The van der Waals surface area contributed by atoms with Crippen LogP contribution in [0.4, 0.5) is 0 Å². The molecule has 0 aliphatic heterocycles. The van der Waals surface area contributed by atoms with Gasteiger partial charge in [-0.25, -0.2) is 0 Å². The minimum absolute atomic E-state index is 0.228. The number of nitrogens with two attached hydrogens (primary N) is 2. The van der Waals surface area contributed by atoms with Crippen LogP contribution in [0.25, 0.3) is 0 Å². The lowest BCUT2D eigenvalue weighted by molar-refractivity contribution is -0.0101. The van der Waals surface area contributed by atoms with Crippen LogP contribution in [-0.4, -0.2) is 72.7 Å². The van der Waals surface area contributed by atoms with E-state index < -0.39 is 0 Å². The van der Waals surface area contributed by atoms with Crippen molar-refractivity contribution >= 4 is 0 Å². The standard InChI is InChI=1S/C11H26N2O5/c12-1-2-14-3-4-15-5-6-16-7-8-17-9-10-18-11-13/h1-13H2. The molecule has 7 nitrogen and oxygen atoms in total. The van der Waals surface area contributed by atoms with Gasteiger partial charge in [-0.1, -0.05) is 0 Å². The van der Waals surface area contributed by atoms with Crippen LogP contribution in [0.1, 0.15) is 0 Å². The van der Waals surface area contributed by atoms with Gasteiger partial charge in [0.05, 0.1) is 66.2 Å². The molecule has 0 unspecified atom stereocenters. The maximum atomic E-state index is 5.29. The maximum Gasteiger partial charge on any atom is 0.0941 e. The first-order chi connectivity index (χ1) is 8.91. The molecule has 0 spiro atoms. The molecular formula is C11H26N2O5. The normalized spacial score (nSPS) is 11.0. The Labute approximate surface area is 109 Å². The van der Waals surface area contributed by atoms with E-state index in [-0.39, 0.29) is 6.73 Å². The van der Waals surface area contributed by atoms with Crippen LogP contribution in [0, 0.1) is 0 Å². The third-order valence-electron chi connectivity index (χ3n) is 1.87. The van der Waals surface area contributed by atoms with Crippen LogP contribution in [0.15, 0.2) is 0 Å². The molecule has 0 heterocycles. The Balaban J connectivity index is 2.86. The molecule has 0 amide bonds. The van der Waals surface area contributed by atoms with Crippen molar-refractivity contribution in [2.45, 2.75) is 0 Å². The van der Waals surface area contributed by atoms with E-state index in [1.807, 2.05) is 0 Å². The minimum atomic E-state index is 0.228. The van der Waals surface area contributed by atoms with Crippen LogP contribution < -0.4 is 11.5 Å². The summed E-state index contributed by atoms with van der Waals surface area (Å²) in [7, 11) is 0. The number of ether oxygens (including phenoxy) is 5. The Bertz CT molecular complexity index is 135. The van der Waals surface area contributed by atoms with Crippen LogP contribution in [0.2, 0.25) is 0 Å². The summed E-state index contributed by atoms with van der Waals surface area (Å²) in [6.07, 6.45) is 0. The first kappa shape index (κ1) is 17.7. The molecule has 0 saturated heterocycles. The van der Waals surface area contributed by atoms with Crippen LogP contribution >= 0.6 is 0 Å². The molecule has 0 aromatic carbocycles. The van der Waals surface area contributed by atoms with Crippen LogP contribution in [-0.2, 0) is 23.7 Å². The Kier molecular flexibility index (Phi) is 16.5. The van der Waals surface area contributed by atoms with Crippen molar-refractivity contribution in [2.75, 3.05) is 72.7 Å². The highest BCUT2D eigenvalue weighted by Crippen LogP contribution is 1.82. The van der Waals surface area contributed by atoms with Gasteiger partial charge in [-0.05, 0) is 0 Å². The molecule has 0 rings (SSSR count). The van der Waals surface area contributed by atoms with Crippen LogP contribution in [0.5, 0.6) is 0 Å². The van der Waals surface area contributed by atoms with Crippen molar-refractivity contribution in [3.8, 4) is 0 Å². The molecule has 7 heteroatoms. The zero-order valence-electron chi connectivity index (χ0n) is 11.0. The van der Waals surface area contributed by atoms with E-state index >= 15 is 0 Å². The van der Waals surface area contributed by atoms with Gasteiger partial charge in [-0.3, -0.25) is 0 Å². The third kappa shape index (κ3) is 15.7. The van der Waals surface area contributed by atoms with E-state index in [9.17, 15) is 0 Å². The number of hydrogen-bond donors (Lipinski definition) is 2. The van der Waals surface area contributed by atoms with E-state index in [4.69, 9.17) is 35.2 Å². The van der Waals surface area contributed by atoms with Crippen molar-refractivity contribution in [3.63, 3.8) is 0 Å². The summed E-state index contributed by atoms with van der Waals surface area (Å²) in [6.45, 7) is 5.75. The minimum Gasteiger partial charge on any atom is -0.378 e. The predicted octanol–water partition coefficient (Wildman–Crippen LogP) is -1.06. The fraction of sp³-hybridized carbons (Fsp3) is 1.00. The monoisotopic (exact) mass is 266 g/mol. The molecule has 0 aromatic heterocycles. The average molecular weight is 266 g/mol. The van der Waals surface area contributed by atoms with E-state index in [1.54, 1.807) is 0 Å². The lowest BCUT2D eigenvalue weighted by Crippen LogP contribution is -2.15. The lowest BCUT2D eigenvalue weighted by Gasteiger charge is -2.07. The topological polar surface area (TPSA) is 98.2 Å². The van der Waals surface area contributed by atoms with Crippen molar-refractivity contribution in [1.82, 2.24) is 0 Å². The molecule has 0 bridgehead atoms. The van der Waals surface area contributed by atoms with Crippen LogP contribution in [0.3, 0.4) is 0 Å². The summed E-state index contributed by atoms with van der Waals surface area (Å²) in [4.78, 5) is 0. The Hall–Kier alpha value is -0.280. The summed E-state index contributed by atoms with van der Waals surface area (Å²) in [5.74, 6) is 0. The summed E-state index contributed by atoms with van der Waals surface area (Å²) in [5, 5.41) is 0. The SMILES string of the molecule is NCCOCCOCCOCCOCCOCN. The molecule has 0 atom stereocenters. The first-order valence-corrected chi connectivity index (χ1v) is 6.20. The van der Waals surface area contributed by atoms with E-state index in [0.717, 1.165) is 0 Å². The molecule has 0 aromatic rings. The molecule has 0 aliphatic rings. The fourth-order valence-corrected chi connectivity index (χ4v) is 1.05. The van der Waals surface area contributed by atoms with Crippen molar-refractivity contribution in [1.29, 1.82) is 0 Å². The van der Waals surface area contributed by atoms with Gasteiger partial charge in [-0.15, -0.1) is 0 Å². The summed E-state index contributed by atoms with van der Waals surface area (Å²) in [6, 6.07) is 0. The average Bonchev–Trinajstić information content (AvgIpc) is 2.39. The summed E-state index contributed by atoms with van der Waals surface area (Å²) in [5.41, 5.74) is 10.4. The zero-order chi connectivity index (χ0) is 13.3. The second-order valence-electron chi connectivity index (χ2n) is 3.31. The summed E-state index contributed by atoms with van der Waals surface area (Å²) >= 11 is 0. The molecule has 18 heavy (non-hydrogen) atoms. The largest absolute Gasteiger partial charge is 0.378 e. The highest BCUT2D eigenvalue weighted by atomic mass is 16.6. The maximum absolute atomic E-state index is 5.29. The van der Waals surface area contributed by atoms with Crippen molar-refractivity contribution in [3.05, 3.63) is 0 Å². The second kappa shape index (κ2) is 16.7. The van der Waals surface area contributed by atoms with Gasteiger partial charge >= 0.3 is 0 Å². The molecule has 0 radical (unpaired) electrons. The Morgan fingerprint density at radius 2 is 0.778 bits per heavy atom. The third-order valence-corrected chi connectivity index (χ3v) is 1.87. The summed E-state index contributed by atoms with van der Waals surface area (Å²) < 4.78 is 25.8. The van der Waals surface area contributed by atoms with Crippen molar-refractivity contribution < 1.29 is 23.7 Å². The quantitative estimate of drug-likeness (QED) is 0.288. The smallest absolute Gasteiger partial charge is 0.0941 e. The van der Waals surface area contributed by atoms with Gasteiger partial charge in [0, 0.05) is 6.54 Å². The molecule has 0 aliphatic carbocycles. The van der Waals surface area contributed by atoms with Gasteiger partial charge in [0.1, 0.15) is 0 Å². The molecule has 110 valence electrons. The molecular weight excluding hydrogens is 240 g/mol. The first-order valence-electron chi connectivity index (χ1n) is 6.20. The van der Waals surface area contributed by atoms with Gasteiger partial charge < -0.3 is 35.2 Å². The molecule has 4 N–H and O–H groups in total. The fourth-order valence-electron chi connectivity index (χ4n) is 1.05. The van der Waals surface area contributed by atoms with Gasteiger partial charge in [0.15, 0.2) is 0 Å². The predicted molar refractivity (Wildman–Crippen MR) is 67.3 cm³/mol. The number of rotatable bonds is 15. The van der Waals surface area contributed by atoms with Gasteiger partial charge in [0.2, 0.25) is 0 Å². The highest BCUT2D eigenvalue weighted by molar-refractivity contribution is 4.36. The highest BCUT2D eigenvalue weighted by Gasteiger charge is 1.92. The van der Waals surface area contributed by atoms with Crippen molar-refractivity contribution in [2.24, 2.45) is 11.5 Å². The number of hydrogen-bond acceptors (Lipinski definition) is 7. The second-order valence-corrected chi connectivity index (χ2v) is 3.31. The Morgan fingerprint density at radius 3 is 1.11 bits per heavy atom. The van der Waals surface area contributed by atoms with Gasteiger partial charge in [-0.2, -0.15) is 0 Å². The zero-order valence-corrected chi connectivity index (χ0v) is 11.0. The van der Waals surface area contributed by atoms with Gasteiger partial charge in [0.25, 0.3) is 0 Å².